The maximum Gasteiger partial charge on any atom is 0.246 e. The monoisotopic (exact) mass is 212 g/mol. The number of likely N-dealkylation sites (N-methyl/N-ethyl adjacent to an activating group) is 1. The Bertz CT molecular complexity index is 245. The Balaban J connectivity index is 2.48. The highest BCUT2D eigenvalue weighted by atomic mass is 16.5. The molecule has 0 aliphatic carbocycles. The third kappa shape index (κ3) is 4.01. The van der Waals surface area contributed by atoms with Crippen molar-refractivity contribution in [3.8, 4) is 0 Å². The summed E-state index contributed by atoms with van der Waals surface area (Å²) in [6, 6.07) is 0. The Morgan fingerprint density at radius 3 is 2.93 bits per heavy atom. The summed E-state index contributed by atoms with van der Waals surface area (Å²) in [7, 11) is 1.89. The molecule has 0 bridgehead atoms. The first-order valence-corrected chi connectivity index (χ1v) is 5.33. The van der Waals surface area contributed by atoms with Crippen LogP contribution in [0.2, 0.25) is 0 Å². The van der Waals surface area contributed by atoms with Gasteiger partial charge in [-0.25, -0.2) is 0 Å². The van der Waals surface area contributed by atoms with E-state index in [1.165, 1.54) is 0 Å². The normalized spacial score (nSPS) is 21.3. The number of morpholine rings is 1. The van der Waals surface area contributed by atoms with Crippen LogP contribution in [0.4, 0.5) is 0 Å². The zero-order valence-corrected chi connectivity index (χ0v) is 9.75. The van der Waals surface area contributed by atoms with E-state index in [1.54, 1.807) is 6.08 Å². The fourth-order valence-corrected chi connectivity index (χ4v) is 1.61. The third-order valence-corrected chi connectivity index (χ3v) is 2.29. The van der Waals surface area contributed by atoms with Gasteiger partial charge in [-0.2, -0.15) is 0 Å². The van der Waals surface area contributed by atoms with E-state index in [2.05, 4.69) is 5.32 Å². The number of hydrogen-bond donors (Lipinski definition) is 1. The summed E-state index contributed by atoms with van der Waals surface area (Å²) in [6.45, 7) is 6.67. The Morgan fingerprint density at radius 1 is 1.60 bits per heavy atom. The molecule has 1 aliphatic rings. The molecule has 1 amide bonds. The number of nitrogens with one attached hydrogen (secondary N) is 1. The molecule has 0 spiro atoms. The summed E-state index contributed by atoms with van der Waals surface area (Å²) in [4.78, 5) is 13.6. The molecular weight excluding hydrogens is 192 g/mol. The lowest BCUT2D eigenvalue weighted by molar-refractivity contribution is -0.133. The fourth-order valence-electron chi connectivity index (χ4n) is 1.61. The second-order valence-corrected chi connectivity index (χ2v) is 4.06. The van der Waals surface area contributed by atoms with Gasteiger partial charge in [-0.3, -0.25) is 4.79 Å². The molecule has 0 aromatic carbocycles. The highest BCUT2D eigenvalue weighted by Crippen LogP contribution is 2.06. The molecule has 1 fully saturated rings. The van der Waals surface area contributed by atoms with Gasteiger partial charge in [-0.05, 0) is 20.9 Å². The number of carbonyl (C=O) groups excluding carboxylic acids is 1. The van der Waals surface area contributed by atoms with Gasteiger partial charge in [0.05, 0.1) is 12.7 Å². The quantitative estimate of drug-likeness (QED) is 0.688. The number of rotatable bonds is 3. The van der Waals surface area contributed by atoms with Crippen molar-refractivity contribution < 1.29 is 9.53 Å². The van der Waals surface area contributed by atoms with E-state index >= 15 is 0 Å². The maximum atomic E-state index is 11.7. The van der Waals surface area contributed by atoms with Gasteiger partial charge < -0.3 is 15.0 Å². The van der Waals surface area contributed by atoms with Gasteiger partial charge in [0, 0.05) is 25.7 Å². The van der Waals surface area contributed by atoms with Gasteiger partial charge >= 0.3 is 0 Å². The van der Waals surface area contributed by atoms with Gasteiger partial charge in [0.25, 0.3) is 0 Å². The molecule has 1 N–H and O–H groups in total. The van der Waals surface area contributed by atoms with Gasteiger partial charge in [0.15, 0.2) is 0 Å². The van der Waals surface area contributed by atoms with E-state index in [-0.39, 0.29) is 12.0 Å². The standard InChI is InChI=1S/C11H20N2O2/c1-9(2)6-11(14)13-4-5-15-10(8-13)7-12-3/h6,10,12H,4-5,7-8H2,1-3H3. The second kappa shape index (κ2) is 5.88. The number of nitrogens with zero attached hydrogens (tertiary/aromatic N) is 1. The summed E-state index contributed by atoms with van der Waals surface area (Å²) in [5.41, 5.74) is 1.04. The summed E-state index contributed by atoms with van der Waals surface area (Å²) >= 11 is 0. The molecule has 0 aromatic rings. The minimum absolute atomic E-state index is 0.0967. The van der Waals surface area contributed by atoms with Crippen LogP contribution in [0.15, 0.2) is 11.6 Å². The van der Waals surface area contributed by atoms with Gasteiger partial charge in [0.1, 0.15) is 0 Å². The fraction of sp³-hybridized carbons (Fsp3) is 0.727. The Hall–Kier alpha value is -0.870. The number of amides is 1. The van der Waals surface area contributed by atoms with Crippen molar-refractivity contribution in [3.63, 3.8) is 0 Å². The van der Waals surface area contributed by atoms with E-state index in [1.807, 2.05) is 25.8 Å². The minimum atomic E-state index is 0.0967. The summed E-state index contributed by atoms with van der Waals surface area (Å²) in [5.74, 6) is 0.0967. The first-order valence-electron chi connectivity index (χ1n) is 5.33. The number of allylic oxidation sites excluding steroid dienone is 1. The Kier molecular flexibility index (Phi) is 4.78. The van der Waals surface area contributed by atoms with Gasteiger partial charge in [0.2, 0.25) is 5.91 Å². The molecular formula is C11H20N2O2. The Morgan fingerprint density at radius 2 is 2.33 bits per heavy atom. The lowest BCUT2D eigenvalue weighted by Gasteiger charge is -2.32. The van der Waals surface area contributed by atoms with Crippen LogP contribution in [-0.4, -0.2) is 50.2 Å². The highest BCUT2D eigenvalue weighted by Gasteiger charge is 2.22. The molecule has 1 heterocycles. The molecule has 1 unspecified atom stereocenters. The van der Waals surface area contributed by atoms with Crippen molar-refractivity contribution >= 4 is 5.91 Å². The average Bonchev–Trinajstić information content (AvgIpc) is 2.17. The van der Waals surface area contributed by atoms with Crippen LogP contribution >= 0.6 is 0 Å². The largest absolute Gasteiger partial charge is 0.373 e. The zero-order valence-electron chi connectivity index (χ0n) is 9.75. The molecule has 4 nitrogen and oxygen atoms in total. The van der Waals surface area contributed by atoms with Gasteiger partial charge in [-0.1, -0.05) is 5.57 Å². The lowest BCUT2D eigenvalue weighted by Crippen LogP contribution is -2.48. The molecule has 1 aliphatic heterocycles. The van der Waals surface area contributed by atoms with E-state index in [9.17, 15) is 4.79 Å². The summed E-state index contributed by atoms with van der Waals surface area (Å²) in [6.07, 6.45) is 1.81. The molecule has 1 atom stereocenters. The van der Waals surface area contributed by atoms with Crippen molar-refractivity contribution in [1.82, 2.24) is 10.2 Å². The van der Waals surface area contributed by atoms with E-state index in [4.69, 9.17) is 4.74 Å². The smallest absolute Gasteiger partial charge is 0.246 e. The third-order valence-electron chi connectivity index (χ3n) is 2.29. The van der Waals surface area contributed by atoms with E-state index in [0.717, 1.165) is 12.1 Å². The lowest BCUT2D eigenvalue weighted by atomic mass is 10.2. The summed E-state index contributed by atoms with van der Waals surface area (Å²) in [5, 5.41) is 3.06. The van der Waals surface area contributed by atoms with Crippen molar-refractivity contribution in [2.75, 3.05) is 33.3 Å². The van der Waals surface area contributed by atoms with Crippen molar-refractivity contribution in [2.45, 2.75) is 20.0 Å². The first kappa shape index (κ1) is 12.2. The Labute approximate surface area is 91.3 Å². The van der Waals surface area contributed by atoms with Crippen LogP contribution in [0.5, 0.6) is 0 Å². The summed E-state index contributed by atoms with van der Waals surface area (Å²) < 4.78 is 5.53. The topological polar surface area (TPSA) is 41.6 Å². The predicted octanol–water partition coefficient (Wildman–Crippen LogP) is 0.399. The van der Waals surface area contributed by atoms with Crippen LogP contribution in [0.3, 0.4) is 0 Å². The molecule has 15 heavy (non-hydrogen) atoms. The van der Waals surface area contributed by atoms with Crippen LogP contribution in [-0.2, 0) is 9.53 Å². The highest BCUT2D eigenvalue weighted by molar-refractivity contribution is 5.88. The van der Waals surface area contributed by atoms with Crippen LogP contribution in [0, 0.1) is 0 Å². The molecule has 0 radical (unpaired) electrons. The SMILES string of the molecule is CNCC1CN(C(=O)C=C(C)C)CCO1. The maximum absolute atomic E-state index is 11.7. The number of carbonyl (C=O) groups is 1. The van der Waals surface area contributed by atoms with Crippen LogP contribution < -0.4 is 5.32 Å². The molecule has 86 valence electrons. The minimum Gasteiger partial charge on any atom is -0.373 e. The molecule has 4 heteroatoms. The van der Waals surface area contributed by atoms with Crippen molar-refractivity contribution in [1.29, 1.82) is 0 Å². The van der Waals surface area contributed by atoms with E-state index < -0.39 is 0 Å². The zero-order chi connectivity index (χ0) is 11.3. The van der Waals surface area contributed by atoms with Crippen molar-refractivity contribution in [2.24, 2.45) is 0 Å². The molecule has 0 saturated carbocycles. The van der Waals surface area contributed by atoms with Crippen LogP contribution in [0.1, 0.15) is 13.8 Å². The second-order valence-electron chi connectivity index (χ2n) is 4.06. The molecule has 1 rings (SSSR count). The molecule has 0 aromatic heterocycles. The average molecular weight is 212 g/mol. The number of ether oxygens (including phenoxy) is 1. The van der Waals surface area contributed by atoms with Crippen molar-refractivity contribution in [3.05, 3.63) is 11.6 Å². The first-order chi connectivity index (χ1) is 7.13. The van der Waals surface area contributed by atoms with Gasteiger partial charge in [-0.15, -0.1) is 0 Å². The predicted molar refractivity (Wildman–Crippen MR) is 59.7 cm³/mol. The number of hydrogen-bond acceptors (Lipinski definition) is 3. The van der Waals surface area contributed by atoms with Crippen LogP contribution in [0.25, 0.3) is 0 Å². The van der Waals surface area contributed by atoms with E-state index in [0.29, 0.717) is 19.7 Å². The molecule has 1 saturated heterocycles.